The van der Waals surface area contributed by atoms with E-state index in [1.165, 1.54) is 6.07 Å². The number of hydrogen-bond acceptors (Lipinski definition) is 2. The second kappa shape index (κ2) is 6.47. The molecule has 2 nitrogen and oxygen atoms in total. The Balaban J connectivity index is 2.59. The molecule has 1 unspecified atom stereocenters. The Morgan fingerprint density at radius 1 is 1.47 bits per heavy atom. The van der Waals surface area contributed by atoms with Crippen LogP contribution in [0.15, 0.2) is 22.7 Å². The van der Waals surface area contributed by atoms with Crippen molar-refractivity contribution in [2.24, 2.45) is 0 Å². The van der Waals surface area contributed by atoms with Crippen LogP contribution in [0.2, 0.25) is 0 Å². The summed E-state index contributed by atoms with van der Waals surface area (Å²) in [6.45, 7) is 5.53. The van der Waals surface area contributed by atoms with E-state index >= 15 is 0 Å². The third-order valence-electron chi connectivity index (χ3n) is 2.66. The first kappa shape index (κ1) is 14.6. The lowest BCUT2D eigenvalue weighted by atomic mass is 9.93. The minimum Gasteiger partial charge on any atom is -0.390 e. The molecule has 0 aliphatic rings. The summed E-state index contributed by atoms with van der Waals surface area (Å²) in [5.74, 6) is -0.277. The van der Waals surface area contributed by atoms with Crippen molar-refractivity contribution in [3.8, 4) is 0 Å². The predicted octanol–water partition coefficient (Wildman–Crippen LogP) is 2.88. The van der Waals surface area contributed by atoms with Gasteiger partial charge in [0, 0.05) is 6.42 Å². The molecule has 0 aromatic heterocycles. The molecule has 2 N–H and O–H groups in total. The maximum absolute atomic E-state index is 13.1. The van der Waals surface area contributed by atoms with E-state index in [1.807, 2.05) is 13.8 Å². The van der Waals surface area contributed by atoms with Crippen molar-refractivity contribution in [1.82, 2.24) is 5.32 Å². The normalized spacial score (nSPS) is 14.6. The fourth-order valence-electron chi connectivity index (χ4n) is 1.71. The van der Waals surface area contributed by atoms with Gasteiger partial charge in [0.1, 0.15) is 5.82 Å². The van der Waals surface area contributed by atoms with Crippen molar-refractivity contribution in [2.75, 3.05) is 13.1 Å². The van der Waals surface area contributed by atoms with Gasteiger partial charge in [0.25, 0.3) is 0 Å². The van der Waals surface area contributed by atoms with Gasteiger partial charge >= 0.3 is 0 Å². The lowest BCUT2D eigenvalue weighted by Gasteiger charge is -2.23. The summed E-state index contributed by atoms with van der Waals surface area (Å²) < 4.78 is 13.5. The molecule has 0 spiro atoms. The van der Waals surface area contributed by atoms with E-state index in [4.69, 9.17) is 0 Å². The molecular formula is C13H19BrFNO. The van der Waals surface area contributed by atoms with Crippen LogP contribution in [0, 0.1) is 5.82 Å². The molecule has 0 aliphatic carbocycles. The zero-order chi connectivity index (χ0) is 12.9. The van der Waals surface area contributed by atoms with Gasteiger partial charge in [-0.1, -0.05) is 13.0 Å². The minimum absolute atomic E-state index is 0.277. The third-order valence-corrected chi connectivity index (χ3v) is 3.27. The maximum atomic E-state index is 13.1. The number of halogens is 2. The summed E-state index contributed by atoms with van der Waals surface area (Å²) in [5, 5.41) is 13.4. The molecule has 0 fully saturated rings. The first-order chi connectivity index (χ1) is 7.94. The Labute approximate surface area is 110 Å². The molecule has 0 radical (unpaired) electrons. The van der Waals surface area contributed by atoms with Crippen LogP contribution in [0.5, 0.6) is 0 Å². The fourth-order valence-corrected chi connectivity index (χ4v) is 2.14. The maximum Gasteiger partial charge on any atom is 0.137 e. The Bertz CT molecular complexity index is 368. The highest BCUT2D eigenvalue weighted by Crippen LogP contribution is 2.21. The number of rotatable bonds is 6. The second-order valence-electron chi connectivity index (χ2n) is 4.53. The Hall–Kier alpha value is -0.450. The third kappa shape index (κ3) is 5.15. The van der Waals surface area contributed by atoms with Gasteiger partial charge in [0.05, 0.1) is 10.1 Å². The van der Waals surface area contributed by atoms with Crippen LogP contribution >= 0.6 is 15.9 Å². The molecule has 1 aromatic carbocycles. The van der Waals surface area contributed by atoms with Crippen molar-refractivity contribution in [3.63, 3.8) is 0 Å². The van der Waals surface area contributed by atoms with Crippen LogP contribution in [0.4, 0.5) is 4.39 Å². The quantitative estimate of drug-likeness (QED) is 0.792. The number of aliphatic hydroxyl groups is 1. The van der Waals surface area contributed by atoms with Crippen molar-refractivity contribution >= 4 is 15.9 Å². The Kier molecular flexibility index (Phi) is 5.56. The molecule has 0 heterocycles. The van der Waals surface area contributed by atoms with Crippen LogP contribution in [0.25, 0.3) is 0 Å². The van der Waals surface area contributed by atoms with Crippen molar-refractivity contribution in [2.45, 2.75) is 32.3 Å². The highest BCUT2D eigenvalue weighted by atomic mass is 79.9. The minimum atomic E-state index is -0.764. The number of benzene rings is 1. The average Bonchev–Trinajstić information content (AvgIpc) is 2.23. The second-order valence-corrected chi connectivity index (χ2v) is 5.38. The van der Waals surface area contributed by atoms with Gasteiger partial charge in [-0.2, -0.15) is 0 Å². The van der Waals surface area contributed by atoms with Crippen molar-refractivity contribution < 1.29 is 9.50 Å². The van der Waals surface area contributed by atoms with E-state index in [0.717, 1.165) is 18.7 Å². The monoisotopic (exact) mass is 303 g/mol. The molecule has 0 bridgehead atoms. The summed E-state index contributed by atoms with van der Waals surface area (Å²) in [4.78, 5) is 0. The molecule has 0 saturated heterocycles. The molecule has 17 heavy (non-hydrogen) atoms. The molecular weight excluding hydrogens is 285 g/mol. The standard InChI is InChI=1S/C13H19BrFNO/c1-3-16-7-6-13(2,17)9-10-4-5-12(15)11(14)8-10/h4-5,8,16-17H,3,6-7,9H2,1-2H3. The van der Waals surface area contributed by atoms with Crippen LogP contribution in [-0.2, 0) is 6.42 Å². The fraction of sp³-hybridized carbons (Fsp3) is 0.538. The van der Waals surface area contributed by atoms with Gasteiger partial charge in [-0.05, 0) is 60.1 Å². The summed E-state index contributed by atoms with van der Waals surface area (Å²) in [7, 11) is 0. The lowest BCUT2D eigenvalue weighted by molar-refractivity contribution is 0.0516. The first-order valence-electron chi connectivity index (χ1n) is 5.81. The summed E-state index contributed by atoms with van der Waals surface area (Å²) in [5.41, 5.74) is 0.166. The molecule has 0 aliphatic heterocycles. The highest BCUT2D eigenvalue weighted by Gasteiger charge is 2.20. The largest absolute Gasteiger partial charge is 0.390 e. The van der Waals surface area contributed by atoms with Gasteiger partial charge in [0.2, 0.25) is 0 Å². The Morgan fingerprint density at radius 2 is 2.18 bits per heavy atom. The van der Waals surface area contributed by atoms with Gasteiger partial charge < -0.3 is 10.4 Å². The SMILES string of the molecule is CCNCCC(C)(O)Cc1ccc(F)c(Br)c1. The number of hydrogen-bond donors (Lipinski definition) is 2. The first-order valence-corrected chi connectivity index (χ1v) is 6.61. The smallest absolute Gasteiger partial charge is 0.137 e. The molecule has 1 aromatic rings. The number of nitrogens with one attached hydrogen (secondary N) is 1. The highest BCUT2D eigenvalue weighted by molar-refractivity contribution is 9.10. The van der Waals surface area contributed by atoms with Crippen molar-refractivity contribution in [1.29, 1.82) is 0 Å². The van der Waals surface area contributed by atoms with E-state index in [1.54, 1.807) is 12.1 Å². The van der Waals surface area contributed by atoms with E-state index < -0.39 is 5.60 Å². The van der Waals surface area contributed by atoms with Gasteiger partial charge in [-0.15, -0.1) is 0 Å². The Morgan fingerprint density at radius 3 is 2.76 bits per heavy atom. The molecule has 0 amide bonds. The van der Waals surface area contributed by atoms with Crippen LogP contribution in [0.1, 0.15) is 25.8 Å². The predicted molar refractivity (Wildman–Crippen MR) is 71.6 cm³/mol. The van der Waals surface area contributed by atoms with E-state index in [9.17, 15) is 9.50 Å². The van der Waals surface area contributed by atoms with Crippen LogP contribution < -0.4 is 5.32 Å². The van der Waals surface area contributed by atoms with Gasteiger partial charge in [0.15, 0.2) is 0 Å². The van der Waals surface area contributed by atoms with Gasteiger partial charge in [-0.25, -0.2) is 4.39 Å². The van der Waals surface area contributed by atoms with Gasteiger partial charge in [-0.3, -0.25) is 0 Å². The van der Waals surface area contributed by atoms with E-state index in [-0.39, 0.29) is 5.82 Å². The van der Waals surface area contributed by atoms with Crippen LogP contribution in [-0.4, -0.2) is 23.8 Å². The summed E-state index contributed by atoms with van der Waals surface area (Å²) >= 11 is 3.15. The topological polar surface area (TPSA) is 32.3 Å². The molecule has 1 atom stereocenters. The molecule has 1 rings (SSSR count). The lowest BCUT2D eigenvalue weighted by Crippen LogP contribution is -2.32. The molecule has 0 saturated carbocycles. The summed E-state index contributed by atoms with van der Waals surface area (Å²) in [6.07, 6.45) is 1.20. The zero-order valence-corrected chi connectivity index (χ0v) is 11.8. The summed E-state index contributed by atoms with van der Waals surface area (Å²) in [6, 6.07) is 4.85. The van der Waals surface area contributed by atoms with Crippen LogP contribution in [0.3, 0.4) is 0 Å². The average molecular weight is 304 g/mol. The van der Waals surface area contributed by atoms with E-state index in [0.29, 0.717) is 17.3 Å². The molecule has 4 heteroatoms. The van der Waals surface area contributed by atoms with E-state index in [2.05, 4.69) is 21.2 Å². The van der Waals surface area contributed by atoms with Crippen molar-refractivity contribution in [3.05, 3.63) is 34.1 Å². The molecule has 96 valence electrons. The zero-order valence-electron chi connectivity index (χ0n) is 10.3.